The minimum Gasteiger partial charge on any atom is -0.457 e. The van der Waals surface area contributed by atoms with Crippen molar-refractivity contribution in [3.05, 3.63) is 41.1 Å². The molecule has 0 radical (unpaired) electrons. The highest BCUT2D eigenvalue weighted by Gasteiger charge is 2.17. The number of aromatic nitrogens is 2. The minimum atomic E-state index is 0.0448. The summed E-state index contributed by atoms with van der Waals surface area (Å²) in [7, 11) is 0. The summed E-state index contributed by atoms with van der Waals surface area (Å²) in [6.07, 6.45) is 1.77. The number of aryl methyl sites for hydroxylation is 1. The summed E-state index contributed by atoms with van der Waals surface area (Å²) in [6.45, 7) is 1.88. The Kier molecular flexibility index (Phi) is 2.33. The zero-order valence-electron chi connectivity index (χ0n) is 9.56. The van der Waals surface area contributed by atoms with Crippen molar-refractivity contribution < 1.29 is 13.8 Å². The molecule has 0 saturated carbocycles. The lowest BCUT2D eigenvalue weighted by Gasteiger charge is -1.85. The highest BCUT2D eigenvalue weighted by molar-refractivity contribution is 5.55. The van der Waals surface area contributed by atoms with Crippen LogP contribution in [-0.2, 0) is 0 Å². The van der Waals surface area contributed by atoms with Crippen LogP contribution in [0.3, 0.4) is 0 Å². The molecule has 3 rings (SSSR count). The van der Waals surface area contributed by atoms with Crippen LogP contribution < -0.4 is 4.98 Å². The van der Waals surface area contributed by atoms with Crippen LogP contribution in [0.4, 0.5) is 5.88 Å². The number of hydrogen-bond acceptors (Lipinski definition) is 4. The van der Waals surface area contributed by atoms with Crippen molar-refractivity contribution in [2.75, 3.05) is 0 Å². The molecule has 3 heterocycles. The number of nitroso groups, excluding NO2 is 1. The quantitative estimate of drug-likeness (QED) is 0.718. The summed E-state index contributed by atoms with van der Waals surface area (Å²) in [5.74, 6) is 2.78. The molecule has 0 aromatic carbocycles. The van der Waals surface area contributed by atoms with Crippen LogP contribution in [0.5, 0.6) is 0 Å². The first kappa shape index (κ1) is 10.5. The Labute approximate surface area is 102 Å². The molecule has 0 fully saturated rings. The lowest BCUT2D eigenvalue weighted by molar-refractivity contribution is -0.362. The average Bonchev–Trinajstić information content (AvgIpc) is 3.07. The van der Waals surface area contributed by atoms with E-state index >= 15 is 0 Å². The number of nitrogens with zero attached hydrogens (tertiary/aromatic N) is 1. The number of nitrogens with one attached hydrogen (secondary N) is 2. The lowest BCUT2D eigenvalue weighted by Crippen LogP contribution is -1.98. The fourth-order valence-electron chi connectivity index (χ4n) is 1.71. The van der Waals surface area contributed by atoms with Crippen LogP contribution in [-0.4, -0.2) is 4.98 Å². The smallest absolute Gasteiger partial charge is 0.321 e. The first-order valence-corrected chi connectivity index (χ1v) is 5.37. The Morgan fingerprint density at radius 2 is 2.00 bits per heavy atom. The third kappa shape index (κ3) is 1.73. The van der Waals surface area contributed by atoms with Gasteiger partial charge in [-0.2, -0.15) is 0 Å². The number of furan rings is 2. The molecular formula is C12H10N3O3+. The zero-order valence-corrected chi connectivity index (χ0v) is 9.56. The van der Waals surface area contributed by atoms with E-state index in [-0.39, 0.29) is 5.88 Å². The summed E-state index contributed by atoms with van der Waals surface area (Å²) in [5.41, 5.74) is 0.801. The van der Waals surface area contributed by atoms with Gasteiger partial charge in [-0.25, -0.2) is 9.97 Å². The van der Waals surface area contributed by atoms with E-state index in [0.29, 0.717) is 11.6 Å². The van der Waals surface area contributed by atoms with Crippen molar-refractivity contribution in [1.82, 2.24) is 4.98 Å². The number of imidazole rings is 1. The largest absolute Gasteiger partial charge is 0.457 e. The maximum Gasteiger partial charge on any atom is 0.321 e. The van der Waals surface area contributed by atoms with Crippen LogP contribution in [0.2, 0.25) is 0 Å². The lowest BCUT2D eigenvalue weighted by atomic mass is 10.3. The SMILES string of the molecule is Cc1ccc(-c2c[nH+]c(-c3ccc(N=O)o3)[nH]2)o1. The normalized spacial score (nSPS) is 10.7. The van der Waals surface area contributed by atoms with E-state index < -0.39 is 0 Å². The van der Waals surface area contributed by atoms with Crippen LogP contribution >= 0.6 is 0 Å². The first-order chi connectivity index (χ1) is 8.76. The zero-order chi connectivity index (χ0) is 12.5. The van der Waals surface area contributed by atoms with Gasteiger partial charge in [-0.15, -0.1) is 4.91 Å². The molecule has 90 valence electrons. The van der Waals surface area contributed by atoms with E-state index in [2.05, 4.69) is 15.1 Å². The van der Waals surface area contributed by atoms with Gasteiger partial charge in [0.25, 0.3) is 5.88 Å². The Balaban J connectivity index is 1.96. The average molecular weight is 244 g/mol. The minimum absolute atomic E-state index is 0.0448. The van der Waals surface area contributed by atoms with Crippen molar-refractivity contribution in [2.45, 2.75) is 6.92 Å². The van der Waals surface area contributed by atoms with E-state index in [1.165, 1.54) is 6.07 Å². The van der Waals surface area contributed by atoms with E-state index in [9.17, 15) is 4.91 Å². The Hall–Kier alpha value is -2.63. The standard InChI is InChI=1S/C12H9N3O3/c1-7-2-3-9(17-7)8-6-13-12(14-8)10-4-5-11(15-16)18-10/h2-6H,1H3,(H,13,14)/p+1. The molecule has 0 aliphatic carbocycles. The van der Waals surface area contributed by atoms with Gasteiger partial charge < -0.3 is 8.83 Å². The van der Waals surface area contributed by atoms with Crippen LogP contribution in [0.1, 0.15) is 5.76 Å². The molecule has 0 atom stereocenters. The van der Waals surface area contributed by atoms with Gasteiger partial charge in [0.15, 0.2) is 5.76 Å². The molecule has 0 aliphatic heterocycles. The van der Waals surface area contributed by atoms with Gasteiger partial charge in [0, 0.05) is 11.2 Å². The molecule has 0 amide bonds. The van der Waals surface area contributed by atoms with Gasteiger partial charge in [0.2, 0.25) is 11.5 Å². The summed E-state index contributed by atoms with van der Waals surface area (Å²) in [6, 6.07) is 6.93. The molecule has 0 saturated heterocycles. The molecule has 18 heavy (non-hydrogen) atoms. The van der Waals surface area contributed by atoms with Crippen molar-refractivity contribution >= 4 is 5.88 Å². The number of hydrogen-bond donors (Lipinski definition) is 1. The van der Waals surface area contributed by atoms with Crippen LogP contribution in [0.25, 0.3) is 23.0 Å². The highest BCUT2D eigenvalue weighted by Crippen LogP contribution is 2.25. The molecule has 6 heteroatoms. The predicted molar refractivity (Wildman–Crippen MR) is 62.9 cm³/mol. The van der Waals surface area contributed by atoms with E-state index in [0.717, 1.165) is 17.2 Å². The number of H-pyrrole nitrogens is 2. The fourth-order valence-corrected chi connectivity index (χ4v) is 1.71. The summed E-state index contributed by atoms with van der Waals surface area (Å²) in [5, 5.41) is 2.72. The van der Waals surface area contributed by atoms with Gasteiger partial charge in [-0.3, -0.25) is 0 Å². The van der Waals surface area contributed by atoms with Gasteiger partial charge in [-0.1, -0.05) is 0 Å². The molecule has 0 bridgehead atoms. The fraction of sp³-hybridized carbons (Fsp3) is 0.0833. The molecule has 2 N–H and O–H groups in total. The van der Waals surface area contributed by atoms with Crippen molar-refractivity contribution in [3.8, 4) is 23.0 Å². The van der Waals surface area contributed by atoms with Crippen molar-refractivity contribution in [3.63, 3.8) is 0 Å². The third-order valence-electron chi connectivity index (χ3n) is 2.55. The van der Waals surface area contributed by atoms with Gasteiger partial charge in [0.1, 0.15) is 12.0 Å². The van der Waals surface area contributed by atoms with Gasteiger partial charge in [0.05, 0.1) is 0 Å². The van der Waals surface area contributed by atoms with Crippen molar-refractivity contribution in [1.29, 1.82) is 0 Å². The van der Waals surface area contributed by atoms with E-state index in [1.807, 2.05) is 19.1 Å². The second-order valence-corrected chi connectivity index (χ2v) is 3.84. The number of rotatable bonds is 3. The van der Waals surface area contributed by atoms with Crippen LogP contribution in [0, 0.1) is 11.8 Å². The molecule has 0 unspecified atom stereocenters. The third-order valence-corrected chi connectivity index (χ3v) is 2.55. The molecular weight excluding hydrogens is 234 g/mol. The molecule has 3 aromatic rings. The Morgan fingerprint density at radius 1 is 1.17 bits per heavy atom. The monoisotopic (exact) mass is 244 g/mol. The predicted octanol–water partition coefficient (Wildman–Crippen LogP) is 3.06. The second kappa shape index (κ2) is 3.99. The molecule has 0 aliphatic rings. The van der Waals surface area contributed by atoms with Crippen molar-refractivity contribution in [2.24, 2.45) is 5.18 Å². The Morgan fingerprint density at radius 3 is 2.67 bits per heavy atom. The topological polar surface area (TPSA) is 85.6 Å². The van der Waals surface area contributed by atoms with E-state index in [1.54, 1.807) is 12.3 Å². The van der Waals surface area contributed by atoms with Gasteiger partial charge >= 0.3 is 5.82 Å². The maximum absolute atomic E-state index is 10.3. The highest BCUT2D eigenvalue weighted by atomic mass is 16.4. The molecule has 6 nitrogen and oxygen atoms in total. The summed E-state index contributed by atoms with van der Waals surface area (Å²) >= 11 is 0. The summed E-state index contributed by atoms with van der Waals surface area (Å²) < 4.78 is 10.7. The molecule has 3 aromatic heterocycles. The Bertz CT molecular complexity index is 693. The van der Waals surface area contributed by atoms with E-state index in [4.69, 9.17) is 8.83 Å². The number of aromatic amines is 2. The van der Waals surface area contributed by atoms with Crippen LogP contribution in [0.15, 0.2) is 44.5 Å². The molecule has 0 spiro atoms. The summed E-state index contributed by atoms with van der Waals surface area (Å²) in [4.78, 5) is 16.4. The maximum atomic E-state index is 10.3. The van der Waals surface area contributed by atoms with Gasteiger partial charge in [-0.05, 0) is 25.1 Å². The second-order valence-electron chi connectivity index (χ2n) is 3.84. The first-order valence-electron chi connectivity index (χ1n) is 5.37.